The van der Waals surface area contributed by atoms with Crippen molar-refractivity contribution in [1.29, 1.82) is 0 Å². The molecule has 0 aromatic heterocycles. The first-order chi connectivity index (χ1) is 6.94. The quantitative estimate of drug-likeness (QED) is 0.660. The first-order valence-electron chi connectivity index (χ1n) is 4.83. The first kappa shape index (κ1) is 13.9. The van der Waals surface area contributed by atoms with Crippen molar-refractivity contribution in [3.63, 3.8) is 0 Å². The van der Waals surface area contributed by atoms with E-state index in [1.807, 2.05) is 0 Å². The van der Waals surface area contributed by atoms with Crippen LogP contribution in [-0.2, 0) is 9.53 Å². The number of aliphatic hydroxyl groups is 1. The van der Waals surface area contributed by atoms with Crippen LogP contribution in [0.4, 0.5) is 4.79 Å². The van der Waals surface area contributed by atoms with E-state index in [4.69, 9.17) is 9.84 Å². The molecule has 15 heavy (non-hydrogen) atoms. The van der Waals surface area contributed by atoms with Crippen molar-refractivity contribution in [3.05, 3.63) is 0 Å². The lowest BCUT2D eigenvalue weighted by Crippen LogP contribution is -2.53. The summed E-state index contributed by atoms with van der Waals surface area (Å²) < 4.78 is 5.10. The van der Waals surface area contributed by atoms with E-state index in [0.717, 1.165) is 19.8 Å². The summed E-state index contributed by atoms with van der Waals surface area (Å²) in [6.45, 7) is 6.04. The van der Waals surface area contributed by atoms with Crippen LogP contribution in [0, 0.1) is 0 Å². The Hall–Kier alpha value is -1.10. The third-order valence-electron chi connectivity index (χ3n) is 1.85. The fourth-order valence-corrected chi connectivity index (χ4v) is 1.10. The molecule has 0 spiro atoms. The highest BCUT2D eigenvalue weighted by molar-refractivity contribution is 5.75. The predicted molar refractivity (Wildman–Crippen MR) is 55.6 cm³/mol. The number of carbonyl (C=O) groups is 2. The van der Waals surface area contributed by atoms with Gasteiger partial charge in [-0.15, -0.1) is 0 Å². The maximum atomic E-state index is 11.4. The number of ether oxygens (including phenoxy) is 1. The molecule has 1 rings (SSSR count). The second-order valence-corrected chi connectivity index (χ2v) is 4.17. The second-order valence-electron chi connectivity index (χ2n) is 4.17. The third-order valence-corrected chi connectivity index (χ3v) is 1.85. The van der Waals surface area contributed by atoms with Gasteiger partial charge in [-0.25, -0.2) is 4.79 Å². The minimum absolute atomic E-state index is 0.269. The van der Waals surface area contributed by atoms with Crippen LogP contribution in [0.3, 0.4) is 0 Å². The number of nitrogens with zero attached hydrogens (tertiary/aromatic N) is 1. The zero-order valence-electron chi connectivity index (χ0n) is 9.69. The Balaban J connectivity index is 0.000000921. The fourth-order valence-electron chi connectivity index (χ4n) is 1.10. The van der Waals surface area contributed by atoms with Crippen molar-refractivity contribution in [1.82, 2.24) is 4.90 Å². The molecule has 1 aliphatic heterocycles. The molecule has 1 saturated heterocycles. The number of hydrogen-bond donors (Lipinski definition) is 1. The molecule has 0 aromatic rings. The molecule has 1 atom stereocenters. The van der Waals surface area contributed by atoms with E-state index in [1.165, 1.54) is 4.90 Å². The van der Waals surface area contributed by atoms with E-state index >= 15 is 0 Å². The summed E-state index contributed by atoms with van der Waals surface area (Å²) in [5, 5.41) is 7.00. The topological polar surface area (TPSA) is 66.8 Å². The average Bonchev–Trinajstić information content (AvgIpc) is 2.03. The average molecular weight is 217 g/mol. The van der Waals surface area contributed by atoms with Crippen molar-refractivity contribution in [2.24, 2.45) is 0 Å². The molecule has 1 fully saturated rings. The van der Waals surface area contributed by atoms with Crippen LogP contribution < -0.4 is 0 Å². The van der Waals surface area contributed by atoms with E-state index in [-0.39, 0.29) is 6.04 Å². The fraction of sp³-hybridized carbons (Fsp3) is 0.800. The van der Waals surface area contributed by atoms with Gasteiger partial charge in [-0.1, -0.05) is 0 Å². The van der Waals surface area contributed by atoms with Gasteiger partial charge in [-0.3, -0.25) is 4.90 Å². The van der Waals surface area contributed by atoms with Crippen LogP contribution in [0.2, 0.25) is 0 Å². The molecule has 5 heteroatoms. The highest BCUT2D eigenvalue weighted by Crippen LogP contribution is 2.19. The van der Waals surface area contributed by atoms with Gasteiger partial charge in [0.05, 0.1) is 6.04 Å². The number of aldehydes is 1. The van der Waals surface area contributed by atoms with Gasteiger partial charge in [-0.05, 0) is 27.2 Å². The summed E-state index contributed by atoms with van der Waals surface area (Å²) in [7, 11) is 1.00. The lowest BCUT2D eigenvalue weighted by molar-refractivity contribution is -0.116. The van der Waals surface area contributed by atoms with Crippen molar-refractivity contribution < 1.29 is 19.4 Å². The molecular weight excluding hydrogens is 198 g/mol. The molecule has 0 aromatic carbocycles. The van der Waals surface area contributed by atoms with Crippen LogP contribution in [0.25, 0.3) is 0 Å². The van der Waals surface area contributed by atoms with Gasteiger partial charge in [0.2, 0.25) is 0 Å². The van der Waals surface area contributed by atoms with Gasteiger partial charge in [0.1, 0.15) is 11.9 Å². The normalized spacial score (nSPS) is 19.5. The largest absolute Gasteiger partial charge is 0.444 e. The highest BCUT2D eigenvalue weighted by atomic mass is 16.6. The van der Waals surface area contributed by atoms with E-state index in [9.17, 15) is 9.59 Å². The summed E-state index contributed by atoms with van der Waals surface area (Å²) >= 11 is 0. The van der Waals surface area contributed by atoms with Crippen molar-refractivity contribution >= 4 is 12.4 Å². The van der Waals surface area contributed by atoms with E-state index in [1.54, 1.807) is 20.8 Å². The molecular formula is C10H19NO4. The minimum Gasteiger partial charge on any atom is -0.444 e. The smallest absolute Gasteiger partial charge is 0.410 e. The first-order valence-corrected chi connectivity index (χ1v) is 4.83. The van der Waals surface area contributed by atoms with Crippen LogP contribution >= 0.6 is 0 Å². The predicted octanol–water partition coefficient (Wildman–Crippen LogP) is 0.803. The standard InChI is InChI=1S/C9H15NO3.CH4O/c1-9(2,3)13-8(12)10-5-4-7(10)6-11;1-2/h6-7H,4-5H2,1-3H3;2H,1H3. The number of hydrogen-bond acceptors (Lipinski definition) is 4. The van der Waals surface area contributed by atoms with E-state index < -0.39 is 11.7 Å². The molecule has 1 amide bonds. The maximum absolute atomic E-state index is 11.4. The number of amides is 1. The van der Waals surface area contributed by atoms with Gasteiger partial charge < -0.3 is 14.6 Å². The lowest BCUT2D eigenvalue weighted by atomic mass is 10.1. The minimum atomic E-state index is -0.486. The van der Waals surface area contributed by atoms with Gasteiger partial charge in [0, 0.05) is 13.7 Å². The van der Waals surface area contributed by atoms with Gasteiger partial charge in [-0.2, -0.15) is 0 Å². The molecule has 1 heterocycles. The molecule has 88 valence electrons. The maximum Gasteiger partial charge on any atom is 0.410 e. The SMILES string of the molecule is CC(C)(C)OC(=O)N1CCC1C=O.CO. The molecule has 0 radical (unpaired) electrons. The third kappa shape index (κ3) is 4.29. The van der Waals surface area contributed by atoms with E-state index in [0.29, 0.717) is 6.54 Å². The Morgan fingerprint density at radius 3 is 2.27 bits per heavy atom. The Bertz CT molecular complexity index is 222. The number of aliphatic hydroxyl groups excluding tert-OH is 1. The van der Waals surface area contributed by atoms with Crippen LogP contribution in [-0.4, -0.2) is 47.7 Å². The van der Waals surface area contributed by atoms with Crippen molar-refractivity contribution in [2.45, 2.75) is 38.8 Å². The molecule has 0 saturated carbocycles. The monoisotopic (exact) mass is 217 g/mol. The summed E-state index contributed by atoms with van der Waals surface area (Å²) in [6.07, 6.45) is 1.15. The van der Waals surface area contributed by atoms with Crippen molar-refractivity contribution in [3.8, 4) is 0 Å². The summed E-state index contributed by atoms with van der Waals surface area (Å²) in [5.74, 6) is 0. The molecule has 1 N–H and O–H groups in total. The zero-order chi connectivity index (χ0) is 12.1. The van der Waals surface area contributed by atoms with Gasteiger partial charge in [0.15, 0.2) is 0 Å². The number of likely N-dealkylation sites (tertiary alicyclic amines) is 1. The van der Waals surface area contributed by atoms with E-state index in [2.05, 4.69) is 0 Å². The summed E-state index contributed by atoms with van der Waals surface area (Å²) in [5.41, 5.74) is -0.486. The molecule has 5 nitrogen and oxygen atoms in total. The summed E-state index contributed by atoms with van der Waals surface area (Å²) in [6, 6.07) is -0.269. The molecule has 0 bridgehead atoms. The molecule has 1 aliphatic rings. The zero-order valence-corrected chi connectivity index (χ0v) is 9.69. The highest BCUT2D eigenvalue weighted by Gasteiger charge is 2.34. The Morgan fingerprint density at radius 1 is 1.47 bits per heavy atom. The summed E-state index contributed by atoms with van der Waals surface area (Å²) in [4.78, 5) is 23.2. The lowest BCUT2D eigenvalue weighted by Gasteiger charge is -2.38. The van der Waals surface area contributed by atoms with Gasteiger partial charge >= 0.3 is 6.09 Å². The van der Waals surface area contributed by atoms with Crippen LogP contribution in [0.5, 0.6) is 0 Å². The second kappa shape index (κ2) is 5.70. The van der Waals surface area contributed by atoms with Crippen molar-refractivity contribution in [2.75, 3.05) is 13.7 Å². The molecule has 0 aliphatic carbocycles. The van der Waals surface area contributed by atoms with Gasteiger partial charge in [0.25, 0.3) is 0 Å². The Kier molecular flexibility index (Phi) is 5.28. The Labute approximate surface area is 90.0 Å². The van der Waals surface area contributed by atoms with Crippen LogP contribution in [0.1, 0.15) is 27.2 Å². The molecule has 1 unspecified atom stereocenters. The van der Waals surface area contributed by atoms with Crippen LogP contribution in [0.15, 0.2) is 0 Å². The number of rotatable bonds is 1. The number of carbonyl (C=O) groups excluding carboxylic acids is 2. The Morgan fingerprint density at radius 2 is 2.00 bits per heavy atom.